The topological polar surface area (TPSA) is 44.8 Å². The Hall–Kier alpha value is -2.20. The zero-order valence-corrected chi connectivity index (χ0v) is 12.7. The van der Waals surface area contributed by atoms with Crippen molar-refractivity contribution in [2.24, 2.45) is 0 Å². The van der Waals surface area contributed by atoms with Gasteiger partial charge in [-0.05, 0) is 36.4 Å². The van der Waals surface area contributed by atoms with Crippen molar-refractivity contribution in [3.63, 3.8) is 0 Å². The van der Waals surface area contributed by atoms with Crippen LogP contribution in [0.4, 0.5) is 0 Å². The summed E-state index contributed by atoms with van der Waals surface area (Å²) in [6, 6.07) is 9.94. The lowest BCUT2D eigenvalue weighted by molar-refractivity contribution is 0.103. The molecule has 110 valence electrons. The van der Waals surface area contributed by atoms with E-state index in [9.17, 15) is 4.79 Å². The Morgan fingerprint density at radius 2 is 1.38 bits per heavy atom. The molecule has 0 spiro atoms. The van der Waals surface area contributed by atoms with E-state index in [0.29, 0.717) is 33.4 Å². The largest absolute Gasteiger partial charge is 0.493 e. The second-order valence-electron chi connectivity index (χ2n) is 4.25. The summed E-state index contributed by atoms with van der Waals surface area (Å²) >= 11 is 5.83. The minimum atomic E-state index is -0.147. The van der Waals surface area contributed by atoms with Crippen LogP contribution in [-0.2, 0) is 0 Å². The van der Waals surface area contributed by atoms with Crippen LogP contribution < -0.4 is 14.2 Å². The number of ketones is 1. The molecule has 0 bridgehead atoms. The fourth-order valence-corrected chi connectivity index (χ4v) is 2.11. The maximum atomic E-state index is 12.5. The molecule has 0 heterocycles. The van der Waals surface area contributed by atoms with Gasteiger partial charge in [0.25, 0.3) is 0 Å². The molecule has 5 heteroatoms. The quantitative estimate of drug-likeness (QED) is 0.792. The number of carbonyl (C=O) groups is 1. The first kappa shape index (κ1) is 15.2. The summed E-state index contributed by atoms with van der Waals surface area (Å²) in [5.74, 6) is 1.18. The van der Waals surface area contributed by atoms with Gasteiger partial charge in [0.2, 0.25) is 5.75 Å². The highest BCUT2D eigenvalue weighted by molar-refractivity contribution is 6.30. The standard InChI is InChI=1S/C16H15ClO4/c1-19-13-8-11(9-14(20-2)16(13)21-3)15(18)10-4-6-12(17)7-5-10/h4-9H,1-3H3. The third kappa shape index (κ3) is 3.11. The number of ether oxygens (including phenoxy) is 3. The Morgan fingerprint density at radius 1 is 0.857 bits per heavy atom. The Kier molecular flexibility index (Phi) is 4.70. The lowest BCUT2D eigenvalue weighted by Crippen LogP contribution is -2.04. The van der Waals surface area contributed by atoms with Crippen LogP contribution in [0.25, 0.3) is 0 Å². The van der Waals surface area contributed by atoms with Crippen molar-refractivity contribution in [1.82, 2.24) is 0 Å². The van der Waals surface area contributed by atoms with E-state index in [0.717, 1.165) is 0 Å². The van der Waals surface area contributed by atoms with Crippen molar-refractivity contribution >= 4 is 17.4 Å². The van der Waals surface area contributed by atoms with Gasteiger partial charge in [0.15, 0.2) is 17.3 Å². The third-order valence-corrected chi connectivity index (χ3v) is 3.29. The molecular weight excluding hydrogens is 292 g/mol. The molecule has 0 unspecified atom stereocenters. The molecule has 0 saturated heterocycles. The summed E-state index contributed by atoms with van der Waals surface area (Å²) in [5.41, 5.74) is 0.987. The number of hydrogen-bond acceptors (Lipinski definition) is 4. The highest BCUT2D eigenvalue weighted by atomic mass is 35.5. The maximum Gasteiger partial charge on any atom is 0.203 e. The van der Waals surface area contributed by atoms with E-state index in [4.69, 9.17) is 25.8 Å². The van der Waals surface area contributed by atoms with Crippen molar-refractivity contribution in [1.29, 1.82) is 0 Å². The van der Waals surface area contributed by atoms with Crippen LogP contribution in [0.3, 0.4) is 0 Å². The molecule has 0 atom stereocenters. The van der Waals surface area contributed by atoms with E-state index in [1.807, 2.05) is 0 Å². The summed E-state index contributed by atoms with van der Waals surface area (Å²) in [4.78, 5) is 12.5. The van der Waals surface area contributed by atoms with Crippen LogP contribution in [0.1, 0.15) is 15.9 Å². The number of hydrogen-bond donors (Lipinski definition) is 0. The molecule has 0 aliphatic heterocycles. The molecule has 4 nitrogen and oxygen atoms in total. The molecule has 0 N–H and O–H groups in total. The molecule has 0 amide bonds. The van der Waals surface area contributed by atoms with Gasteiger partial charge in [-0.15, -0.1) is 0 Å². The Labute approximate surface area is 128 Å². The van der Waals surface area contributed by atoms with E-state index in [1.54, 1.807) is 36.4 Å². The monoisotopic (exact) mass is 306 g/mol. The van der Waals surface area contributed by atoms with Crippen LogP contribution in [0.2, 0.25) is 5.02 Å². The van der Waals surface area contributed by atoms with E-state index in [1.165, 1.54) is 21.3 Å². The van der Waals surface area contributed by atoms with Crippen molar-refractivity contribution in [3.8, 4) is 17.2 Å². The lowest BCUT2D eigenvalue weighted by Gasteiger charge is -2.13. The Bertz CT molecular complexity index is 625. The van der Waals surface area contributed by atoms with Crippen LogP contribution in [0.15, 0.2) is 36.4 Å². The van der Waals surface area contributed by atoms with Crippen LogP contribution in [0.5, 0.6) is 17.2 Å². The summed E-state index contributed by atoms with van der Waals surface area (Å²) in [6.07, 6.45) is 0. The predicted octanol–water partition coefficient (Wildman–Crippen LogP) is 3.60. The van der Waals surface area contributed by atoms with Crippen molar-refractivity contribution in [2.45, 2.75) is 0 Å². The first-order valence-electron chi connectivity index (χ1n) is 6.21. The van der Waals surface area contributed by atoms with Gasteiger partial charge in [-0.3, -0.25) is 4.79 Å². The van der Waals surface area contributed by atoms with Gasteiger partial charge >= 0.3 is 0 Å². The summed E-state index contributed by atoms with van der Waals surface area (Å²) in [5, 5.41) is 0.580. The normalized spacial score (nSPS) is 10.1. The van der Waals surface area contributed by atoms with Gasteiger partial charge in [-0.25, -0.2) is 0 Å². The van der Waals surface area contributed by atoms with E-state index >= 15 is 0 Å². The lowest BCUT2D eigenvalue weighted by atomic mass is 10.0. The van der Waals surface area contributed by atoms with Crippen molar-refractivity contribution in [3.05, 3.63) is 52.5 Å². The average Bonchev–Trinajstić information content (AvgIpc) is 2.53. The zero-order valence-electron chi connectivity index (χ0n) is 12.0. The molecular formula is C16H15ClO4. The average molecular weight is 307 g/mol. The number of methoxy groups -OCH3 is 3. The minimum Gasteiger partial charge on any atom is -0.493 e. The van der Waals surface area contributed by atoms with Crippen molar-refractivity contribution in [2.75, 3.05) is 21.3 Å². The third-order valence-electron chi connectivity index (χ3n) is 3.03. The SMILES string of the molecule is COc1cc(C(=O)c2ccc(Cl)cc2)cc(OC)c1OC. The molecule has 0 radical (unpaired) electrons. The fraction of sp³-hybridized carbons (Fsp3) is 0.188. The highest BCUT2D eigenvalue weighted by Gasteiger charge is 2.17. The number of benzene rings is 2. The highest BCUT2D eigenvalue weighted by Crippen LogP contribution is 2.38. The van der Waals surface area contributed by atoms with Gasteiger partial charge < -0.3 is 14.2 Å². The first-order valence-corrected chi connectivity index (χ1v) is 6.58. The molecule has 0 fully saturated rings. The second-order valence-corrected chi connectivity index (χ2v) is 4.69. The van der Waals surface area contributed by atoms with Crippen LogP contribution >= 0.6 is 11.6 Å². The summed E-state index contributed by atoms with van der Waals surface area (Å²) in [7, 11) is 4.53. The predicted molar refractivity (Wildman–Crippen MR) is 81.0 cm³/mol. The summed E-state index contributed by atoms with van der Waals surface area (Å²) in [6.45, 7) is 0. The number of halogens is 1. The Morgan fingerprint density at radius 3 is 1.81 bits per heavy atom. The first-order chi connectivity index (χ1) is 10.1. The molecule has 2 aromatic rings. The van der Waals surface area contributed by atoms with Crippen LogP contribution in [0, 0.1) is 0 Å². The van der Waals surface area contributed by atoms with Crippen LogP contribution in [-0.4, -0.2) is 27.1 Å². The number of rotatable bonds is 5. The summed E-state index contributed by atoms with van der Waals surface area (Å²) < 4.78 is 15.7. The molecule has 2 aromatic carbocycles. The minimum absolute atomic E-state index is 0.147. The second kappa shape index (κ2) is 6.50. The Balaban J connectivity index is 2.48. The molecule has 0 aromatic heterocycles. The van der Waals surface area contributed by atoms with Gasteiger partial charge in [-0.2, -0.15) is 0 Å². The van der Waals surface area contributed by atoms with Crippen molar-refractivity contribution < 1.29 is 19.0 Å². The number of carbonyl (C=O) groups excluding carboxylic acids is 1. The van der Waals surface area contributed by atoms with Gasteiger partial charge in [0, 0.05) is 16.1 Å². The smallest absolute Gasteiger partial charge is 0.203 e. The van der Waals surface area contributed by atoms with E-state index in [2.05, 4.69) is 0 Å². The molecule has 0 saturated carbocycles. The van der Waals surface area contributed by atoms with Gasteiger partial charge in [0.05, 0.1) is 21.3 Å². The van der Waals surface area contributed by atoms with Gasteiger partial charge in [-0.1, -0.05) is 11.6 Å². The molecule has 2 rings (SSSR count). The molecule has 21 heavy (non-hydrogen) atoms. The van der Waals surface area contributed by atoms with Gasteiger partial charge in [0.1, 0.15) is 0 Å². The zero-order chi connectivity index (χ0) is 15.4. The van der Waals surface area contributed by atoms with E-state index < -0.39 is 0 Å². The van der Waals surface area contributed by atoms with E-state index in [-0.39, 0.29) is 5.78 Å². The fourth-order valence-electron chi connectivity index (χ4n) is 1.98. The molecule has 0 aliphatic carbocycles. The maximum absolute atomic E-state index is 12.5. The molecule has 0 aliphatic rings.